The largest absolute Gasteiger partial charge is 0.465 e. The minimum atomic E-state index is -0.957. The molecule has 9 heteroatoms. The quantitative estimate of drug-likeness (QED) is 0.641. The molecule has 4 heterocycles. The van der Waals surface area contributed by atoms with E-state index in [0.29, 0.717) is 49.4 Å². The van der Waals surface area contributed by atoms with Crippen molar-refractivity contribution in [3.05, 3.63) is 53.3 Å². The van der Waals surface area contributed by atoms with Crippen LogP contribution in [-0.2, 0) is 16.0 Å². The average Bonchev–Trinajstić information content (AvgIpc) is 3.42. The summed E-state index contributed by atoms with van der Waals surface area (Å²) in [6.45, 7) is 3.60. The molecule has 3 aromatic rings. The number of aromatic nitrogens is 2. The summed E-state index contributed by atoms with van der Waals surface area (Å²) in [7, 11) is 0. The fourth-order valence-corrected chi connectivity index (χ4v) is 4.76. The van der Waals surface area contributed by atoms with Gasteiger partial charge in [-0.2, -0.15) is 5.26 Å². The molecule has 1 atom stereocenters. The molecule has 34 heavy (non-hydrogen) atoms. The van der Waals surface area contributed by atoms with Crippen LogP contribution in [0.15, 0.2) is 36.5 Å². The van der Waals surface area contributed by atoms with Gasteiger partial charge >= 0.3 is 6.09 Å². The molecule has 0 saturated carbocycles. The second kappa shape index (κ2) is 8.80. The van der Waals surface area contributed by atoms with Crippen LogP contribution in [0.3, 0.4) is 0 Å². The van der Waals surface area contributed by atoms with E-state index in [1.54, 1.807) is 11.0 Å². The number of carboxylic acid groups (broad SMARTS) is 1. The number of aryl methyl sites for hydroxylation is 1. The number of amides is 2. The van der Waals surface area contributed by atoms with E-state index >= 15 is 0 Å². The maximum Gasteiger partial charge on any atom is 0.407 e. The van der Waals surface area contributed by atoms with E-state index in [-0.39, 0.29) is 18.6 Å². The summed E-state index contributed by atoms with van der Waals surface area (Å²) < 4.78 is 7.87. The van der Waals surface area contributed by atoms with E-state index in [1.807, 2.05) is 41.8 Å². The van der Waals surface area contributed by atoms with Crippen molar-refractivity contribution in [3.8, 4) is 17.3 Å². The number of hydrogen-bond donors (Lipinski definition) is 1. The Morgan fingerprint density at radius 2 is 2.15 bits per heavy atom. The van der Waals surface area contributed by atoms with Gasteiger partial charge in [-0.15, -0.1) is 0 Å². The summed E-state index contributed by atoms with van der Waals surface area (Å²) in [5, 5.41) is 19.4. The molecule has 2 saturated heterocycles. The van der Waals surface area contributed by atoms with Crippen molar-refractivity contribution in [3.63, 3.8) is 0 Å². The van der Waals surface area contributed by atoms with Crippen LogP contribution in [0.1, 0.15) is 29.7 Å². The molecule has 2 fully saturated rings. The van der Waals surface area contributed by atoms with Gasteiger partial charge in [0.25, 0.3) is 0 Å². The normalized spacial score (nSPS) is 18.5. The summed E-state index contributed by atoms with van der Waals surface area (Å²) in [5.41, 5.74) is 5.17. The van der Waals surface area contributed by atoms with E-state index in [1.165, 1.54) is 4.90 Å². The number of carbonyl (C=O) groups is 2. The van der Waals surface area contributed by atoms with Crippen LogP contribution in [0.4, 0.5) is 10.5 Å². The topological polar surface area (TPSA) is 111 Å². The van der Waals surface area contributed by atoms with E-state index in [9.17, 15) is 20.0 Å². The molecule has 0 bridgehead atoms. The second-order valence-electron chi connectivity index (χ2n) is 8.76. The summed E-state index contributed by atoms with van der Waals surface area (Å²) in [4.78, 5) is 31.6. The van der Waals surface area contributed by atoms with Gasteiger partial charge in [0.2, 0.25) is 5.91 Å². The Kier molecular flexibility index (Phi) is 5.67. The molecule has 0 spiro atoms. The fraction of sp³-hybridized carbons (Fsp3) is 0.360. The zero-order valence-corrected chi connectivity index (χ0v) is 18.9. The molecular weight excluding hydrogens is 434 g/mol. The van der Waals surface area contributed by atoms with Crippen molar-refractivity contribution < 1.29 is 19.4 Å². The lowest BCUT2D eigenvalue weighted by molar-refractivity contribution is -0.117. The van der Waals surface area contributed by atoms with Gasteiger partial charge in [0.1, 0.15) is 5.65 Å². The molecule has 0 unspecified atom stereocenters. The Balaban J connectivity index is 1.57. The first kappa shape index (κ1) is 21.9. The molecule has 1 N–H and O–H groups in total. The predicted octanol–water partition coefficient (Wildman–Crippen LogP) is 3.23. The van der Waals surface area contributed by atoms with Crippen LogP contribution >= 0.6 is 0 Å². The minimum absolute atomic E-state index is 0.0676. The molecule has 2 aliphatic heterocycles. The number of benzene rings is 1. The number of nitrogens with zero attached hydrogens (tertiary/aromatic N) is 5. The van der Waals surface area contributed by atoms with Crippen molar-refractivity contribution in [2.75, 3.05) is 31.1 Å². The summed E-state index contributed by atoms with van der Waals surface area (Å²) >= 11 is 0. The van der Waals surface area contributed by atoms with E-state index < -0.39 is 6.09 Å². The molecule has 1 aromatic carbocycles. The number of hydrogen-bond acceptors (Lipinski definition) is 5. The van der Waals surface area contributed by atoms with Crippen LogP contribution in [0.2, 0.25) is 0 Å². The Morgan fingerprint density at radius 3 is 2.88 bits per heavy atom. The molecule has 0 aliphatic carbocycles. The highest BCUT2D eigenvalue weighted by Gasteiger charge is 2.28. The second-order valence-corrected chi connectivity index (χ2v) is 8.76. The molecule has 0 radical (unpaired) electrons. The van der Waals surface area contributed by atoms with Crippen LogP contribution in [0.25, 0.3) is 16.9 Å². The number of carbonyl (C=O) groups excluding carboxylic acids is 1. The van der Waals surface area contributed by atoms with Gasteiger partial charge in [0.15, 0.2) is 0 Å². The zero-order valence-electron chi connectivity index (χ0n) is 18.9. The predicted molar refractivity (Wildman–Crippen MR) is 125 cm³/mol. The third-order valence-corrected chi connectivity index (χ3v) is 6.47. The Hall–Kier alpha value is -3.90. The standard InChI is InChI=1S/C25H25N5O4/c1-16-6-8-30-21(13-19-15-28(25(32)33)9-10-34-19)24(27-22(30)11-16)20-5-4-18(12-17(20)14-26)29-7-2-3-23(29)31/h4-6,8,11-12,19H,2-3,7,9-10,13,15H2,1H3,(H,32,33)/t19-/m0/s1. The molecular formula is C25H25N5O4. The van der Waals surface area contributed by atoms with Crippen molar-refractivity contribution in [2.24, 2.45) is 0 Å². The molecule has 9 nitrogen and oxygen atoms in total. The fourth-order valence-electron chi connectivity index (χ4n) is 4.76. The van der Waals surface area contributed by atoms with E-state index in [0.717, 1.165) is 29.0 Å². The van der Waals surface area contributed by atoms with Gasteiger partial charge in [0, 0.05) is 43.4 Å². The Morgan fingerprint density at radius 1 is 1.29 bits per heavy atom. The Labute approximate surface area is 196 Å². The average molecular weight is 460 g/mol. The maximum atomic E-state index is 12.2. The first-order chi connectivity index (χ1) is 16.4. The SMILES string of the molecule is Cc1ccn2c(C[C@H]3CN(C(=O)O)CCO3)c(-c3ccc(N4CCCC4=O)cc3C#N)nc2c1. The maximum absolute atomic E-state index is 12.2. The molecule has 2 amide bonds. The summed E-state index contributed by atoms with van der Waals surface area (Å²) in [6.07, 6.45) is 2.44. The summed E-state index contributed by atoms with van der Waals surface area (Å²) in [6, 6.07) is 11.7. The van der Waals surface area contributed by atoms with Crippen molar-refractivity contribution in [1.82, 2.24) is 14.3 Å². The molecule has 2 aromatic heterocycles. The number of rotatable bonds is 4. The van der Waals surface area contributed by atoms with Gasteiger partial charge < -0.3 is 24.0 Å². The van der Waals surface area contributed by atoms with Crippen LogP contribution in [-0.4, -0.2) is 63.7 Å². The summed E-state index contributed by atoms with van der Waals surface area (Å²) in [5.74, 6) is 0.0676. The van der Waals surface area contributed by atoms with Crippen LogP contribution < -0.4 is 4.90 Å². The van der Waals surface area contributed by atoms with Crippen molar-refractivity contribution >= 4 is 23.3 Å². The van der Waals surface area contributed by atoms with E-state index in [2.05, 4.69) is 6.07 Å². The smallest absolute Gasteiger partial charge is 0.407 e. The minimum Gasteiger partial charge on any atom is -0.465 e. The third kappa shape index (κ3) is 3.97. The van der Waals surface area contributed by atoms with Gasteiger partial charge in [-0.05, 0) is 49.2 Å². The lowest BCUT2D eigenvalue weighted by atomic mass is 10.00. The zero-order chi connectivity index (χ0) is 23.8. The number of imidazole rings is 1. The highest BCUT2D eigenvalue weighted by atomic mass is 16.5. The lowest BCUT2D eigenvalue weighted by Crippen LogP contribution is -2.45. The molecule has 5 rings (SSSR count). The number of anilines is 1. The first-order valence-corrected chi connectivity index (χ1v) is 11.4. The number of pyridine rings is 1. The van der Waals surface area contributed by atoms with E-state index in [4.69, 9.17) is 9.72 Å². The van der Waals surface area contributed by atoms with Gasteiger partial charge in [0.05, 0.1) is 42.3 Å². The highest BCUT2D eigenvalue weighted by Crippen LogP contribution is 2.33. The van der Waals surface area contributed by atoms with Crippen LogP contribution in [0, 0.1) is 18.3 Å². The van der Waals surface area contributed by atoms with Gasteiger partial charge in [-0.25, -0.2) is 9.78 Å². The molecule has 2 aliphatic rings. The number of ether oxygens (including phenoxy) is 1. The molecule has 174 valence electrons. The highest BCUT2D eigenvalue weighted by molar-refractivity contribution is 5.96. The van der Waals surface area contributed by atoms with Gasteiger partial charge in [-0.3, -0.25) is 4.79 Å². The monoisotopic (exact) mass is 459 g/mol. The first-order valence-electron chi connectivity index (χ1n) is 11.4. The third-order valence-electron chi connectivity index (χ3n) is 6.47. The van der Waals surface area contributed by atoms with Crippen molar-refractivity contribution in [1.29, 1.82) is 5.26 Å². The Bertz CT molecular complexity index is 1320. The number of morpholine rings is 1. The van der Waals surface area contributed by atoms with Gasteiger partial charge in [-0.1, -0.05) is 0 Å². The van der Waals surface area contributed by atoms with Crippen molar-refractivity contribution in [2.45, 2.75) is 32.3 Å². The number of fused-ring (bicyclic) bond motifs is 1. The number of nitriles is 1. The lowest BCUT2D eigenvalue weighted by Gasteiger charge is -2.31. The van der Waals surface area contributed by atoms with Crippen LogP contribution in [0.5, 0.6) is 0 Å².